The van der Waals surface area contributed by atoms with Gasteiger partial charge in [0, 0.05) is 22.2 Å². The lowest BCUT2D eigenvalue weighted by atomic mass is 9.93. The van der Waals surface area contributed by atoms with Gasteiger partial charge in [0.2, 0.25) is 0 Å². The molecule has 142 valence electrons. The Labute approximate surface area is 163 Å². The molecule has 0 saturated heterocycles. The minimum atomic E-state index is -0.514. The van der Waals surface area contributed by atoms with Gasteiger partial charge in [-0.2, -0.15) is 0 Å². The molecule has 0 radical (unpaired) electrons. The van der Waals surface area contributed by atoms with Crippen LogP contribution in [0.15, 0.2) is 60.7 Å². The summed E-state index contributed by atoms with van der Waals surface area (Å²) in [6.07, 6.45) is -0.514. The van der Waals surface area contributed by atoms with Crippen molar-refractivity contribution in [3.63, 3.8) is 0 Å². The molecule has 0 aliphatic carbocycles. The molecule has 0 unspecified atom stereocenters. The maximum absolute atomic E-state index is 12.1. The normalized spacial score (nSPS) is 11.3. The predicted molar refractivity (Wildman–Crippen MR) is 115 cm³/mol. The van der Waals surface area contributed by atoms with E-state index >= 15 is 0 Å². The number of anilines is 1. The fourth-order valence-electron chi connectivity index (χ4n) is 3.88. The molecule has 1 amide bonds. The van der Waals surface area contributed by atoms with Crippen LogP contribution in [0.1, 0.15) is 25.5 Å². The van der Waals surface area contributed by atoms with Crippen molar-refractivity contribution in [3.05, 3.63) is 66.4 Å². The summed E-state index contributed by atoms with van der Waals surface area (Å²) in [5.41, 5.74) is 13.8. The van der Waals surface area contributed by atoms with Gasteiger partial charge in [-0.15, -0.1) is 0 Å². The highest BCUT2D eigenvalue weighted by Gasteiger charge is 2.24. The third kappa shape index (κ3) is 2.76. The SMILES string of the molecule is COC(=O)Nn1c(C(C)C)c(-c2ccccc2N)c2c3ccccc3ccc21. The van der Waals surface area contributed by atoms with E-state index in [-0.39, 0.29) is 5.92 Å². The number of methoxy groups -OCH3 is 1. The topological polar surface area (TPSA) is 69.3 Å². The Hall–Kier alpha value is -3.47. The van der Waals surface area contributed by atoms with Gasteiger partial charge in [0.1, 0.15) is 0 Å². The number of hydrogen-bond acceptors (Lipinski definition) is 3. The molecule has 28 heavy (non-hydrogen) atoms. The summed E-state index contributed by atoms with van der Waals surface area (Å²) in [6.45, 7) is 4.21. The first kappa shape index (κ1) is 17.9. The highest BCUT2D eigenvalue weighted by Crippen LogP contribution is 2.43. The minimum Gasteiger partial charge on any atom is -0.452 e. The number of aromatic nitrogens is 1. The van der Waals surface area contributed by atoms with Crippen LogP contribution in [0.2, 0.25) is 0 Å². The van der Waals surface area contributed by atoms with Crippen LogP contribution in [-0.2, 0) is 4.74 Å². The summed E-state index contributed by atoms with van der Waals surface area (Å²) in [7, 11) is 1.36. The van der Waals surface area contributed by atoms with Gasteiger partial charge in [-0.3, -0.25) is 4.68 Å². The Morgan fingerprint density at radius 1 is 1.04 bits per heavy atom. The van der Waals surface area contributed by atoms with Gasteiger partial charge in [0.05, 0.1) is 18.3 Å². The predicted octanol–water partition coefficient (Wildman–Crippen LogP) is 5.48. The summed E-state index contributed by atoms with van der Waals surface area (Å²) >= 11 is 0. The molecular formula is C23H23N3O2. The van der Waals surface area contributed by atoms with E-state index in [1.807, 2.05) is 47.1 Å². The summed E-state index contributed by atoms with van der Waals surface area (Å²) in [4.78, 5) is 12.1. The Bertz CT molecular complexity index is 1190. The molecular weight excluding hydrogens is 350 g/mol. The number of nitrogens with two attached hydrogens (primary N) is 1. The van der Waals surface area contributed by atoms with Gasteiger partial charge in [0.15, 0.2) is 0 Å². The smallest absolute Gasteiger partial charge is 0.426 e. The molecule has 0 spiro atoms. The first-order valence-corrected chi connectivity index (χ1v) is 9.28. The molecule has 4 rings (SSSR count). The van der Waals surface area contributed by atoms with Crippen LogP contribution in [0.25, 0.3) is 32.8 Å². The zero-order valence-corrected chi connectivity index (χ0v) is 16.2. The number of amides is 1. The van der Waals surface area contributed by atoms with Crippen LogP contribution in [0.3, 0.4) is 0 Å². The minimum absolute atomic E-state index is 0.137. The Balaban J connectivity index is 2.21. The van der Waals surface area contributed by atoms with Crippen LogP contribution in [-0.4, -0.2) is 17.9 Å². The van der Waals surface area contributed by atoms with Gasteiger partial charge >= 0.3 is 6.09 Å². The number of carbonyl (C=O) groups excluding carboxylic acids is 1. The van der Waals surface area contributed by atoms with Gasteiger partial charge in [-0.25, -0.2) is 10.2 Å². The molecule has 0 saturated carbocycles. The van der Waals surface area contributed by atoms with E-state index < -0.39 is 6.09 Å². The lowest BCUT2D eigenvalue weighted by Gasteiger charge is -2.16. The zero-order chi connectivity index (χ0) is 19.8. The zero-order valence-electron chi connectivity index (χ0n) is 16.2. The maximum atomic E-state index is 12.1. The number of fused-ring (bicyclic) bond motifs is 3. The lowest BCUT2D eigenvalue weighted by molar-refractivity contribution is 0.183. The number of para-hydroxylation sites is 1. The average Bonchev–Trinajstić information content (AvgIpc) is 3.02. The van der Waals surface area contributed by atoms with E-state index in [0.717, 1.165) is 38.5 Å². The van der Waals surface area contributed by atoms with E-state index in [0.29, 0.717) is 5.69 Å². The van der Waals surface area contributed by atoms with Crippen molar-refractivity contribution in [3.8, 4) is 11.1 Å². The summed E-state index contributed by atoms with van der Waals surface area (Å²) in [5, 5.41) is 3.32. The second-order valence-corrected chi connectivity index (χ2v) is 7.12. The summed E-state index contributed by atoms with van der Waals surface area (Å²) < 4.78 is 6.70. The molecule has 3 N–H and O–H groups in total. The third-order valence-corrected chi connectivity index (χ3v) is 5.06. The van der Waals surface area contributed by atoms with E-state index in [4.69, 9.17) is 10.5 Å². The van der Waals surface area contributed by atoms with Crippen molar-refractivity contribution in [2.75, 3.05) is 18.3 Å². The molecule has 3 aromatic carbocycles. The maximum Gasteiger partial charge on any atom is 0.426 e. The molecule has 0 fully saturated rings. The van der Waals surface area contributed by atoms with E-state index in [9.17, 15) is 4.79 Å². The summed E-state index contributed by atoms with van der Waals surface area (Å²) in [6, 6.07) is 20.2. The Morgan fingerprint density at radius 3 is 2.46 bits per heavy atom. The molecule has 1 aromatic heterocycles. The Morgan fingerprint density at radius 2 is 1.75 bits per heavy atom. The molecule has 0 atom stereocenters. The number of benzene rings is 3. The van der Waals surface area contributed by atoms with Crippen LogP contribution in [0.5, 0.6) is 0 Å². The van der Waals surface area contributed by atoms with Crippen molar-refractivity contribution in [1.29, 1.82) is 0 Å². The monoisotopic (exact) mass is 373 g/mol. The fourth-order valence-corrected chi connectivity index (χ4v) is 3.88. The molecule has 5 heteroatoms. The van der Waals surface area contributed by atoms with Crippen molar-refractivity contribution >= 4 is 33.5 Å². The highest BCUT2D eigenvalue weighted by atomic mass is 16.5. The number of ether oxygens (including phenoxy) is 1. The lowest BCUT2D eigenvalue weighted by Crippen LogP contribution is -2.24. The fraction of sp³-hybridized carbons (Fsp3) is 0.174. The van der Waals surface area contributed by atoms with Crippen molar-refractivity contribution < 1.29 is 9.53 Å². The second kappa shape index (κ2) is 6.93. The van der Waals surface area contributed by atoms with E-state index in [2.05, 4.69) is 37.5 Å². The first-order valence-electron chi connectivity index (χ1n) is 9.28. The molecule has 0 bridgehead atoms. The van der Waals surface area contributed by atoms with Crippen LogP contribution in [0, 0.1) is 0 Å². The number of hydrogen-bond donors (Lipinski definition) is 2. The van der Waals surface area contributed by atoms with Crippen LogP contribution >= 0.6 is 0 Å². The van der Waals surface area contributed by atoms with E-state index in [1.165, 1.54) is 7.11 Å². The third-order valence-electron chi connectivity index (χ3n) is 5.06. The van der Waals surface area contributed by atoms with Gasteiger partial charge in [-0.05, 0) is 28.8 Å². The molecule has 0 aliphatic rings. The van der Waals surface area contributed by atoms with Crippen molar-refractivity contribution in [2.45, 2.75) is 19.8 Å². The number of nitrogens with zero attached hydrogens (tertiary/aromatic N) is 1. The standard InChI is InChI=1S/C23H23N3O2/c1-14(2)22-21(17-10-6-7-11-18(17)24)20-16-9-5-4-8-15(16)12-13-19(20)26(22)25-23(27)28-3/h4-14H,24H2,1-3H3,(H,25,27). The Kier molecular flexibility index (Phi) is 4.43. The van der Waals surface area contributed by atoms with Crippen LogP contribution in [0.4, 0.5) is 10.5 Å². The number of rotatable bonds is 3. The molecule has 1 heterocycles. The number of carbonyl (C=O) groups is 1. The van der Waals surface area contributed by atoms with Crippen molar-refractivity contribution in [2.24, 2.45) is 0 Å². The van der Waals surface area contributed by atoms with Crippen LogP contribution < -0.4 is 11.2 Å². The van der Waals surface area contributed by atoms with E-state index in [1.54, 1.807) is 0 Å². The molecule has 0 aliphatic heterocycles. The molecule has 4 aromatic rings. The largest absolute Gasteiger partial charge is 0.452 e. The highest BCUT2D eigenvalue weighted by molar-refractivity contribution is 6.16. The second-order valence-electron chi connectivity index (χ2n) is 7.12. The average molecular weight is 373 g/mol. The van der Waals surface area contributed by atoms with Gasteiger partial charge in [-0.1, -0.05) is 62.4 Å². The summed E-state index contributed by atoms with van der Waals surface area (Å²) in [5.74, 6) is 0.137. The number of nitrogens with one attached hydrogen (secondary N) is 1. The number of nitrogen functional groups attached to an aromatic ring is 1. The van der Waals surface area contributed by atoms with Gasteiger partial charge < -0.3 is 10.5 Å². The first-order chi connectivity index (χ1) is 13.5. The van der Waals surface area contributed by atoms with Gasteiger partial charge in [0.25, 0.3) is 0 Å². The molecule has 5 nitrogen and oxygen atoms in total. The quantitative estimate of drug-likeness (QED) is 0.467. The van der Waals surface area contributed by atoms with Crippen molar-refractivity contribution in [1.82, 2.24) is 4.68 Å².